The highest BCUT2D eigenvalue weighted by Gasteiger charge is 2.64. The summed E-state index contributed by atoms with van der Waals surface area (Å²) in [7, 11) is 0. The molecule has 244 valence electrons. The number of hydrogen-bond donors (Lipinski definition) is 0. The Bertz CT molecular complexity index is 1410. The van der Waals surface area contributed by atoms with E-state index < -0.39 is 77.1 Å². The molecule has 2 bridgehead atoms. The first kappa shape index (κ1) is 33.9. The van der Waals surface area contributed by atoms with Crippen LogP contribution >= 0.6 is 0 Å². The number of nitrogens with zero attached hydrogens (tertiary/aromatic N) is 1. The van der Waals surface area contributed by atoms with Crippen LogP contribution in [0.2, 0.25) is 0 Å². The van der Waals surface area contributed by atoms with Gasteiger partial charge >= 0.3 is 29.8 Å². The molecular formula is C34H43NO10. The first-order valence-corrected chi connectivity index (χ1v) is 15.2. The number of aromatic nitrogens is 1. The monoisotopic (exact) mass is 625 g/mol. The molecule has 2 fully saturated rings. The van der Waals surface area contributed by atoms with E-state index in [-0.39, 0.29) is 17.9 Å². The Morgan fingerprint density at radius 3 is 2.00 bits per heavy atom. The van der Waals surface area contributed by atoms with Crippen LogP contribution in [-0.2, 0) is 42.9 Å². The van der Waals surface area contributed by atoms with E-state index in [1.54, 1.807) is 18.3 Å². The third kappa shape index (κ3) is 6.53. The zero-order valence-electron chi connectivity index (χ0n) is 27.2. The van der Waals surface area contributed by atoms with E-state index >= 15 is 0 Å². The summed E-state index contributed by atoms with van der Waals surface area (Å²) in [6.07, 6.45) is -0.818. The molecule has 0 N–H and O–H groups in total. The van der Waals surface area contributed by atoms with Crippen molar-refractivity contribution in [1.29, 1.82) is 0 Å². The summed E-state index contributed by atoms with van der Waals surface area (Å²) in [6.45, 7) is 17.3. The van der Waals surface area contributed by atoms with Crippen LogP contribution in [0.25, 0.3) is 0 Å². The van der Waals surface area contributed by atoms with Crippen molar-refractivity contribution < 1.29 is 47.7 Å². The lowest BCUT2D eigenvalue weighted by molar-refractivity contribution is -0.211. The minimum Gasteiger partial charge on any atom is -0.462 e. The molecule has 3 aliphatic carbocycles. The number of hydrogen-bond acceptors (Lipinski definition) is 11. The molecule has 0 aromatic carbocycles. The Labute approximate surface area is 263 Å². The highest BCUT2D eigenvalue weighted by atomic mass is 16.6. The van der Waals surface area contributed by atoms with Gasteiger partial charge in [0.05, 0.1) is 11.0 Å². The lowest BCUT2D eigenvalue weighted by atomic mass is 9.49. The lowest BCUT2D eigenvalue weighted by Gasteiger charge is -2.59. The van der Waals surface area contributed by atoms with Crippen molar-refractivity contribution in [3.8, 4) is 0 Å². The molecule has 1 aromatic heterocycles. The van der Waals surface area contributed by atoms with Gasteiger partial charge in [0.1, 0.15) is 18.3 Å². The molecule has 2 saturated carbocycles. The summed E-state index contributed by atoms with van der Waals surface area (Å²) >= 11 is 0. The highest BCUT2D eigenvalue weighted by Crippen LogP contribution is 2.61. The van der Waals surface area contributed by atoms with Gasteiger partial charge in [-0.2, -0.15) is 0 Å². The average Bonchev–Trinajstić information content (AvgIpc) is 2.93. The Morgan fingerprint density at radius 1 is 0.822 bits per heavy atom. The molecule has 3 aliphatic rings. The van der Waals surface area contributed by atoms with E-state index in [0.29, 0.717) is 29.6 Å². The second-order valence-corrected chi connectivity index (χ2v) is 13.1. The standard InChI is InChI=1S/C34H43NO10/c1-17-25-13-24-14-26(41-19(3)36)18(2)29(33(24,7)8)30(43-21(5)38)31(44-22(6)39)34(25,9)28(42-20(4)37)15-27(17)45-32(40)23-11-10-12-35-16-23/h10-12,16,24-28,30-31H,1,13-15H2,2-9H3/t24-,25-,26+,27+,28+,30-,31+,34+/m1/s1. The van der Waals surface area contributed by atoms with Crippen molar-refractivity contribution in [3.05, 3.63) is 53.4 Å². The van der Waals surface area contributed by atoms with Crippen LogP contribution in [0.5, 0.6) is 0 Å². The third-order valence-corrected chi connectivity index (χ3v) is 9.90. The zero-order valence-corrected chi connectivity index (χ0v) is 27.2. The van der Waals surface area contributed by atoms with Gasteiger partial charge in [-0.05, 0) is 65.9 Å². The summed E-state index contributed by atoms with van der Waals surface area (Å²) in [5.74, 6) is -3.62. The molecule has 0 spiro atoms. The summed E-state index contributed by atoms with van der Waals surface area (Å²) in [4.78, 5) is 67.5. The smallest absolute Gasteiger partial charge is 0.340 e. The van der Waals surface area contributed by atoms with Gasteiger partial charge in [-0.1, -0.05) is 27.4 Å². The van der Waals surface area contributed by atoms with E-state index in [2.05, 4.69) is 11.6 Å². The first-order chi connectivity index (χ1) is 21.0. The highest BCUT2D eigenvalue weighted by molar-refractivity contribution is 5.89. The summed E-state index contributed by atoms with van der Waals surface area (Å²) in [6, 6.07) is 3.21. The normalized spacial score (nSPS) is 32.2. The molecule has 4 rings (SSSR count). The Balaban J connectivity index is 1.95. The van der Waals surface area contributed by atoms with Gasteiger partial charge in [-0.3, -0.25) is 24.2 Å². The van der Waals surface area contributed by atoms with Gasteiger partial charge in [0.2, 0.25) is 0 Å². The molecular weight excluding hydrogens is 582 g/mol. The predicted molar refractivity (Wildman–Crippen MR) is 160 cm³/mol. The molecule has 0 saturated heterocycles. The summed E-state index contributed by atoms with van der Waals surface area (Å²) in [5, 5.41) is 0. The van der Waals surface area contributed by atoms with Crippen molar-refractivity contribution in [2.24, 2.45) is 22.7 Å². The Kier molecular flexibility index (Phi) is 9.61. The Hall–Kier alpha value is -4.02. The van der Waals surface area contributed by atoms with Crippen molar-refractivity contribution in [1.82, 2.24) is 4.98 Å². The fraction of sp³-hybridized carbons (Fsp3) is 0.588. The zero-order chi connectivity index (χ0) is 33.4. The lowest BCUT2D eigenvalue weighted by Crippen LogP contribution is -2.64. The fourth-order valence-corrected chi connectivity index (χ4v) is 7.79. The van der Waals surface area contributed by atoms with Crippen LogP contribution in [-0.4, -0.2) is 65.4 Å². The predicted octanol–water partition coefficient (Wildman–Crippen LogP) is 4.68. The number of fused-ring (bicyclic) bond motifs is 3. The summed E-state index contributed by atoms with van der Waals surface area (Å²) < 4.78 is 29.9. The molecule has 1 heterocycles. The number of ether oxygens (including phenoxy) is 5. The van der Waals surface area contributed by atoms with Crippen molar-refractivity contribution >= 4 is 29.8 Å². The molecule has 0 amide bonds. The topological polar surface area (TPSA) is 144 Å². The number of carbonyl (C=O) groups is 5. The van der Waals surface area contributed by atoms with Crippen molar-refractivity contribution in [2.75, 3.05) is 0 Å². The molecule has 0 radical (unpaired) electrons. The van der Waals surface area contributed by atoms with Gasteiger partial charge in [-0.15, -0.1) is 0 Å². The molecule has 11 heteroatoms. The largest absolute Gasteiger partial charge is 0.462 e. The quantitative estimate of drug-likeness (QED) is 0.247. The van der Waals surface area contributed by atoms with Crippen LogP contribution in [0.3, 0.4) is 0 Å². The molecule has 0 unspecified atom stereocenters. The average molecular weight is 626 g/mol. The SMILES string of the molecule is C=C1[C@@H](OC(=O)c2cccnc2)C[C@H](OC(C)=O)[C@]2(C)[C@@H]1C[C@@H]1C[C@H](OC(C)=O)C(C)=C([C@@H](OC(C)=O)[C@@H]2OC(C)=O)C1(C)C. The second-order valence-electron chi connectivity index (χ2n) is 13.1. The van der Waals surface area contributed by atoms with E-state index in [0.717, 1.165) is 0 Å². The van der Waals surface area contributed by atoms with Crippen LogP contribution < -0.4 is 0 Å². The van der Waals surface area contributed by atoms with Crippen molar-refractivity contribution in [2.45, 2.75) is 105 Å². The van der Waals surface area contributed by atoms with Crippen molar-refractivity contribution in [3.63, 3.8) is 0 Å². The van der Waals surface area contributed by atoms with Crippen LogP contribution in [0, 0.1) is 22.7 Å². The number of pyridine rings is 1. The summed E-state index contributed by atoms with van der Waals surface area (Å²) in [5.41, 5.74) is 0.377. The third-order valence-electron chi connectivity index (χ3n) is 9.90. The molecule has 0 aliphatic heterocycles. The van der Waals surface area contributed by atoms with Gasteiger partial charge in [0, 0.05) is 46.5 Å². The van der Waals surface area contributed by atoms with E-state index in [9.17, 15) is 24.0 Å². The van der Waals surface area contributed by atoms with Gasteiger partial charge in [-0.25, -0.2) is 4.79 Å². The Morgan fingerprint density at radius 2 is 1.44 bits per heavy atom. The maximum Gasteiger partial charge on any atom is 0.340 e. The number of carbonyl (C=O) groups excluding carboxylic acids is 5. The second kappa shape index (κ2) is 12.8. The maximum atomic E-state index is 13.2. The minimum atomic E-state index is -1.18. The number of esters is 5. The van der Waals surface area contributed by atoms with Gasteiger partial charge in [0.25, 0.3) is 0 Å². The number of rotatable bonds is 6. The van der Waals surface area contributed by atoms with Crippen LogP contribution in [0.15, 0.2) is 47.8 Å². The molecule has 8 atom stereocenters. The van der Waals surface area contributed by atoms with E-state index in [1.807, 2.05) is 27.7 Å². The van der Waals surface area contributed by atoms with Crippen LogP contribution in [0.1, 0.15) is 85.0 Å². The van der Waals surface area contributed by atoms with E-state index in [4.69, 9.17) is 23.7 Å². The van der Waals surface area contributed by atoms with E-state index in [1.165, 1.54) is 33.9 Å². The minimum absolute atomic E-state index is 0.0319. The fourth-order valence-electron chi connectivity index (χ4n) is 7.79. The van der Waals surface area contributed by atoms with Gasteiger partial charge < -0.3 is 23.7 Å². The molecule has 11 nitrogen and oxygen atoms in total. The molecule has 1 aromatic rings. The maximum absolute atomic E-state index is 13.2. The van der Waals surface area contributed by atoms with Crippen LogP contribution in [0.4, 0.5) is 0 Å². The van der Waals surface area contributed by atoms with Gasteiger partial charge in [0.15, 0.2) is 12.2 Å². The first-order valence-electron chi connectivity index (χ1n) is 15.2. The molecule has 45 heavy (non-hydrogen) atoms.